The molecule has 0 aromatic heterocycles. The normalized spacial score (nSPS) is 29.4. The second-order valence-electron chi connectivity index (χ2n) is 5.20. The van der Waals surface area contributed by atoms with Crippen molar-refractivity contribution in [2.24, 2.45) is 5.92 Å². The van der Waals surface area contributed by atoms with Crippen molar-refractivity contribution in [1.82, 2.24) is 5.32 Å². The van der Waals surface area contributed by atoms with Crippen LogP contribution in [0.2, 0.25) is 0 Å². The molecule has 0 spiro atoms. The quantitative estimate of drug-likeness (QED) is 0.758. The third kappa shape index (κ3) is 4.52. The van der Waals surface area contributed by atoms with E-state index in [1.54, 1.807) is 0 Å². The fourth-order valence-corrected chi connectivity index (χ4v) is 2.12. The van der Waals surface area contributed by atoms with Crippen LogP contribution in [0.4, 0.5) is 0 Å². The van der Waals surface area contributed by atoms with E-state index >= 15 is 0 Å². The van der Waals surface area contributed by atoms with E-state index in [9.17, 15) is 0 Å². The summed E-state index contributed by atoms with van der Waals surface area (Å²) in [5.74, 6) is 0.720. The standard InChI is InChI=1S/C13H27NO/c1-5-6-13-9-12(7-8-15-13)14-11(4)10(2)3/h10-14H,5-9H2,1-4H3. The van der Waals surface area contributed by atoms with Gasteiger partial charge in [-0.05, 0) is 32.1 Å². The molecular formula is C13H27NO. The molecule has 1 saturated heterocycles. The first-order valence-electron chi connectivity index (χ1n) is 6.51. The lowest BCUT2D eigenvalue weighted by molar-refractivity contribution is -0.00553. The van der Waals surface area contributed by atoms with Crippen LogP contribution < -0.4 is 5.32 Å². The summed E-state index contributed by atoms with van der Waals surface area (Å²) in [6, 6.07) is 1.29. The summed E-state index contributed by atoms with van der Waals surface area (Å²) in [6.45, 7) is 10.0. The van der Waals surface area contributed by atoms with E-state index in [1.165, 1.54) is 25.7 Å². The molecule has 1 N–H and O–H groups in total. The van der Waals surface area contributed by atoms with Gasteiger partial charge in [-0.25, -0.2) is 0 Å². The molecule has 0 saturated carbocycles. The third-order valence-electron chi connectivity index (χ3n) is 3.48. The molecule has 0 aromatic rings. The second-order valence-corrected chi connectivity index (χ2v) is 5.20. The summed E-state index contributed by atoms with van der Waals surface area (Å²) < 4.78 is 5.75. The van der Waals surface area contributed by atoms with Gasteiger partial charge in [0.25, 0.3) is 0 Å². The Bertz CT molecular complexity index is 168. The van der Waals surface area contributed by atoms with Crippen LogP contribution in [0.5, 0.6) is 0 Å². The van der Waals surface area contributed by atoms with Gasteiger partial charge in [0.15, 0.2) is 0 Å². The first-order chi connectivity index (χ1) is 7.13. The third-order valence-corrected chi connectivity index (χ3v) is 3.48. The molecule has 0 bridgehead atoms. The van der Waals surface area contributed by atoms with Gasteiger partial charge in [0, 0.05) is 18.7 Å². The van der Waals surface area contributed by atoms with E-state index in [2.05, 4.69) is 33.0 Å². The van der Waals surface area contributed by atoms with Crippen molar-refractivity contribution in [3.8, 4) is 0 Å². The van der Waals surface area contributed by atoms with Gasteiger partial charge < -0.3 is 10.1 Å². The van der Waals surface area contributed by atoms with Crippen molar-refractivity contribution in [3.63, 3.8) is 0 Å². The molecule has 1 aliphatic heterocycles. The highest BCUT2D eigenvalue weighted by Crippen LogP contribution is 2.19. The lowest BCUT2D eigenvalue weighted by Crippen LogP contribution is -2.44. The number of hydrogen-bond donors (Lipinski definition) is 1. The summed E-state index contributed by atoms with van der Waals surface area (Å²) in [6.07, 6.45) is 5.33. The molecule has 0 aromatic carbocycles. The van der Waals surface area contributed by atoms with Crippen LogP contribution in [0.1, 0.15) is 53.4 Å². The van der Waals surface area contributed by atoms with Gasteiger partial charge in [0.2, 0.25) is 0 Å². The molecule has 1 fully saturated rings. The van der Waals surface area contributed by atoms with Gasteiger partial charge >= 0.3 is 0 Å². The Morgan fingerprint density at radius 2 is 2.07 bits per heavy atom. The maximum absolute atomic E-state index is 5.75. The zero-order chi connectivity index (χ0) is 11.3. The monoisotopic (exact) mass is 213 g/mol. The average Bonchev–Trinajstić information content (AvgIpc) is 2.18. The fraction of sp³-hybridized carbons (Fsp3) is 1.00. The number of rotatable bonds is 5. The number of ether oxygens (including phenoxy) is 1. The van der Waals surface area contributed by atoms with Gasteiger partial charge in [-0.2, -0.15) is 0 Å². The van der Waals surface area contributed by atoms with Gasteiger partial charge in [-0.15, -0.1) is 0 Å². The van der Waals surface area contributed by atoms with Crippen LogP contribution in [-0.4, -0.2) is 24.8 Å². The van der Waals surface area contributed by atoms with Gasteiger partial charge in [0.1, 0.15) is 0 Å². The van der Waals surface area contributed by atoms with E-state index in [0.717, 1.165) is 12.5 Å². The Hall–Kier alpha value is -0.0800. The average molecular weight is 213 g/mol. The fourth-order valence-electron chi connectivity index (χ4n) is 2.12. The van der Waals surface area contributed by atoms with E-state index in [-0.39, 0.29) is 0 Å². The molecule has 0 aliphatic carbocycles. The van der Waals surface area contributed by atoms with Crippen molar-refractivity contribution in [1.29, 1.82) is 0 Å². The van der Waals surface area contributed by atoms with Crippen LogP contribution >= 0.6 is 0 Å². The largest absolute Gasteiger partial charge is 0.378 e. The molecule has 1 rings (SSSR count). The minimum absolute atomic E-state index is 0.501. The Morgan fingerprint density at radius 1 is 1.33 bits per heavy atom. The zero-order valence-corrected chi connectivity index (χ0v) is 10.8. The second kappa shape index (κ2) is 6.49. The van der Waals surface area contributed by atoms with Gasteiger partial charge in [0.05, 0.1) is 6.10 Å². The summed E-state index contributed by atoms with van der Waals surface area (Å²) in [7, 11) is 0. The highest BCUT2D eigenvalue weighted by molar-refractivity contribution is 4.79. The molecule has 3 unspecified atom stereocenters. The highest BCUT2D eigenvalue weighted by atomic mass is 16.5. The van der Waals surface area contributed by atoms with Crippen LogP contribution in [0.3, 0.4) is 0 Å². The van der Waals surface area contributed by atoms with Crippen LogP contribution in [-0.2, 0) is 4.74 Å². The van der Waals surface area contributed by atoms with E-state index < -0.39 is 0 Å². The maximum atomic E-state index is 5.75. The smallest absolute Gasteiger partial charge is 0.0589 e. The maximum Gasteiger partial charge on any atom is 0.0589 e. The van der Waals surface area contributed by atoms with Crippen LogP contribution in [0, 0.1) is 5.92 Å². The van der Waals surface area contributed by atoms with E-state index in [4.69, 9.17) is 4.74 Å². The van der Waals surface area contributed by atoms with Gasteiger partial charge in [-0.1, -0.05) is 27.2 Å². The van der Waals surface area contributed by atoms with E-state index in [0.29, 0.717) is 18.2 Å². The highest BCUT2D eigenvalue weighted by Gasteiger charge is 2.23. The number of nitrogens with one attached hydrogen (secondary N) is 1. The molecular weight excluding hydrogens is 186 g/mol. The lowest BCUT2D eigenvalue weighted by Gasteiger charge is -2.33. The minimum Gasteiger partial charge on any atom is -0.378 e. The molecule has 1 heterocycles. The summed E-state index contributed by atoms with van der Waals surface area (Å²) in [5, 5.41) is 3.73. The lowest BCUT2D eigenvalue weighted by atomic mass is 9.97. The Kier molecular flexibility index (Phi) is 5.62. The summed E-state index contributed by atoms with van der Waals surface area (Å²) >= 11 is 0. The molecule has 2 heteroatoms. The molecule has 3 atom stereocenters. The van der Waals surface area contributed by atoms with Crippen LogP contribution in [0.25, 0.3) is 0 Å². The molecule has 2 nitrogen and oxygen atoms in total. The summed E-state index contributed by atoms with van der Waals surface area (Å²) in [4.78, 5) is 0. The summed E-state index contributed by atoms with van der Waals surface area (Å²) in [5.41, 5.74) is 0. The first kappa shape index (κ1) is 13.0. The van der Waals surface area contributed by atoms with Crippen molar-refractivity contribution in [3.05, 3.63) is 0 Å². The Balaban J connectivity index is 2.29. The Morgan fingerprint density at radius 3 is 2.67 bits per heavy atom. The number of hydrogen-bond acceptors (Lipinski definition) is 2. The predicted molar refractivity (Wildman–Crippen MR) is 65.1 cm³/mol. The zero-order valence-electron chi connectivity index (χ0n) is 10.8. The van der Waals surface area contributed by atoms with Crippen molar-refractivity contribution < 1.29 is 4.74 Å². The predicted octanol–water partition coefficient (Wildman–Crippen LogP) is 2.97. The van der Waals surface area contributed by atoms with Crippen molar-refractivity contribution in [2.75, 3.05) is 6.61 Å². The van der Waals surface area contributed by atoms with Crippen LogP contribution in [0.15, 0.2) is 0 Å². The Labute approximate surface area is 94.8 Å². The van der Waals surface area contributed by atoms with Gasteiger partial charge in [-0.3, -0.25) is 0 Å². The molecule has 0 amide bonds. The molecule has 15 heavy (non-hydrogen) atoms. The molecule has 0 radical (unpaired) electrons. The molecule has 90 valence electrons. The van der Waals surface area contributed by atoms with E-state index in [1.807, 2.05) is 0 Å². The van der Waals surface area contributed by atoms with Crippen molar-refractivity contribution >= 4 is 0 Å². The SMILES string of the molecule is CCCC1CC(NC(C)C(C)C)CCO1. The molecule has 1 aliphatic rings. The van der Waals surface area contributed by atoms with Crippen molar-refractivity contribution in [2.45, 2.75) is 71.6 Å². The minimum atomic E-state index is 0.501. The first-order valence-corrected chi connectivity index (χ1v) is 6.51. The topological polar surface area (TPSA) is 21.3 Å².